The van der Waals surface area contributed by atoms with E-state index in [9.17, 15) is 24.0 Å². The summed E-state index contributed by atoms with van der Waals surface area (Å²) in [4.78, 5) is 69.5. The predicted octanol–water partition coefficient (Wildman–Crippen LogP) is 2.68. The number of fused-ring (bicyclic) bond motifs is 1. The average Bonchev–Trinajstić information content (AvgIpc) is 3.09. The molecule has 0 unspecified atom stereocenters. The zero-order valence-corrected chi connectivity index (χ0v) is 29.2. The highest BCUT2D eigenvalue weighted by atomic mass is 16.5. The SMILES string of the molecule is CCCC[C@H](NC(=O)OCc1ccccc1)C(=O)N[C@@H](CCCCN)C(=O)N[C@@H](CCCN=C(N)N)C(=O)Nc1ccc2c(C)cc(=O)oc2c1. The summed E-state index contributed by atoms with van der Waals surface area (Å²) in [7, 11) is 0. The van der Waals surface area contributed by atoms with Gasteiger partial charge in [0, 0.05) is 29.8 Å². The van der Waals surface area contributed by atoms with Crippen molar-refractivity contribution in [3.8, 4) is 0 Å². The Bertz CT molecular complexity index is 1690. The topological polar surface area (TPSA) is 246 Å². The van der Waals surface area contributed by atoms with Crippen molar-refractivity contribution in [2.75, 3.05) is 18.4 Å². The molecule has 1 aromatic heterocycles. The molecular weight excluding hydrogens is 656 g/mol. The highest BCUT2D eigenvalue weighted by molar-refractivity contribution is 6.00. The molecule has 1 heterocycles. The number of aliphatic imine (C=N–C) groups is 1. The highest BCUT2D eigenvalue weighted by Crippen LogP contribution is 2.21. The number of anilines is 1. The molecule has 4 amide bonds. The summed E-state index contributed by atoms with van der Waals surface area (Å²) in [5.74, 6) is -1.80. The molecule has 0 aliphatic carbocycles. The van der Waals surface area contributed by atoms with E-state index in [0.29, 0.717) is 55.3 Å². The third-order valence-electron chi connectivity index (χ3n) is 8.04. The van der Waals surface area contributed by atoms with Crippen LogP contribution >= 0.6 is 0 Å². The number of carbonyl (C=O) groups is 4. The van der Waals surface area contributed by atoms with Crippen LogP contribution in [0, 0.1) is 6.92 Å². The number of ether oxygens (including phenoxy) is 1. The van der Waals surface area contributed by atoms with Crippen LogP contribution in [0.1, 0.15) is 69.4 Å². The van der Waals surface area contributed by atoms with Crippen molar-refractivity contribution < 1.29 is 28.3 Å². The van der Waals surface area contributed by atoms with Crippen LogP contribution in [0.2, 0.25) is 0 Å². The van der Waals surface area contributed by atoms with Gasteiger partial charge in [0.2, 0.25) is 17.7 Å². The molecule has 0 saturated heterocycles. The third kappa shape index (κ3) is 13.8. The number of rotatable bonds is 20. The van der Waals surface area contributed by atoms with Gasteiger partial charge >= 0.3 is 11.7 Å². The molecular formula is C36H50N8O7. The fourth-order valence-electron chi connectivity index (χ4n) is 5.29. The molecule has 0 radical (unpaired) electrons. The first-order valence-corrected chi connectivity index (χ1v) is 17.2. The molecule has 0 aliphatic rings. The molecule has 10 N–H and O–H groups in total. The number of aryl methyl sites for hydroxylation is 1. The smallest absolute Gasteiger partial charge is 0.408 e. The zero-order valence-electron chi connectivity index (χ0n) is 29.2. The molecule has 0 fully saturated rings. The van der Waals surface area contributed by atoms with Gasteiger partial charge in [-0.25, -0.2) is 9.59 Å². The fraction of sp³-hybridized carbons (Fsp3) is 0.444. The van der Waals surface area contributed by atoms with Gasteiger partial charge in [0.25, 0.3) is 0 Å². The van der Waals surface area contributed by atoms with Crippen LogP contribution in [0.25, 0.3) is 11.0 Å². The van der Waals surface area contributed by atoms with Crippen LogP contribution in [-0.4, -0.2) is 61.0 Å². The van der Waals surface area contributed by atoms with E-state index in [1.807, 2.05) is 37.3 Å². The van der Waals surface area contributed by atoms with E-state index in [1.54, 1.807) is 19.1 Å². The zero-order chi connectivity index (χ0) is 37.2. The van der Waals surface area contributed by atoms with E-state index in [1.165, 1.54) is 12.1 Å². The molecule has 15 nitrogen and oxygen atoms in total. The number of nitrogens with two attached hydrogens (primary N) is 3. The van der Waals surface area contributed by atoms with Crippen molar-refractivity contribution in [2.45, 2.75) is 89.9 Å². The molecule has 0 bridgehead atoms. The number of unbranched alkanes of at least 4 members (excludes halogenated alkanes) is 2. The minimum Gasteiger partial charge on any atom is -0.445 e. The van der Waals surface area contributed by atoms with Gasteiger partial charge in [-0.2, -0.15) is 0 Å². The quantitative estimate of drug-likeness (QED) is 0.0392. The Kier molecular flexibility index (Phi) is 16.4. The third-order valence-corrected chi connectivity index (χ3v) is 8.04. The lowest BCUT2D eigenvalue weighted by Crippen LogP contribution is -2.56. The molecule has 0 spiro atoms. The van der Waals surface area contributed by atoms with Crippen molar-refractivity contribution in [1.82, 2.24) is 16.0 Å². The fourth-order valence-corrected chi connectivity index (χ4v) is 5.29. The summed E-state index contributed by atoms with van der Waals surface area (Å²) in [6.45, 7) is 4.36. The average molecular weight is 707 g/mol. The van der Waals surface area contributed by atoms with E-state index in [0.717, 1.165) is 17.5 Å². The predicted molar refractivity (Wildman–Crippen MR) is 196 cm³/mol. The first kappa shape index (κ1) is 40.0. The van der Waals surface area contributed by atoms with Crippen LogP contribution in [-0.2, 0) is 25.7 Å². The van der Waals surface area contributed by atoms with Crippen LogP contribution in [0.15, 0.2) is 68.8 Å². The van der Waals surface area contributed by atoms with Gasteiger partial charge in [-0.15, -0.1) is 0 Å². The largest absolute Gasteiger partial charge is 0.445 e. The van der Waals surface area contributed by atoms with Crippen LogP contribution in [0.4, 0.5) is 10.5 Å². The molecule has 15 heteroatoms. The summed E-state index contributed by atoms with van der Waals surface area (Å²) in [6, 6.07) is 12.4. The van der Waals surface area contributed by atoms with Crippen LogP contribution in [0.5, 0.6) is 0 Å². The Morgan fingerprint density at radius 1 is 0.824 bits per heavy atom. The second-order valence-electron chi connectivity index (χ2n) is 12.2. The summed E-state index contributed by atoms with van der Waals surface area (Å²) in [5.41, 5.74) is 18.2. The summed E-state index contributed by atoms with van der Waals surface area (Å²) in [5, 5.41) is 11.7. The molecule has 2 aromatic carbocycles. The minimum atomic E-state index is -1.05. The first-order chi connectivity index (χ1) is 24.5. The second-order valence-corrected chi connectivity index (χ2v) is 12.2. The Morgan fingerprint density at radius 2 is 1.47 bits per heavy atom. The lowest BCUT2D eigenvalue weighted by Gasteiger charge is -2.25. The van der Waals surface area contributed by atoms with Gasteiger partial charge in [-0.3, -0.25) is 19.4 Å². The molecule has 276 valence electrons. The number of amides is 4. The number of benzene rings is 2. The minimum absolute atomic E-state index is 0.0266. The van der Waals surface area contributed by atoms with E-state index in [4.69, 9.17) is 26.4 Å². The maximum absolute atomic E-state index is 13.8. The van der Waals surface area contributed by atoms with Crippen molar-refractivity contribution in [3.63, 3.8) is 0 Å². The van der Waals surface area contributed by atoms with Gasteiger partial charge in [0.05, 0.1) is 0 Å². The molecule has 3 atom stereocenters. The number of hydrogen-bond donors (Lipinski definition) is 7. The normalized spacial score (nSPS) is 12.6. The number of nitrogens with one attached hydrogen (secondary N) is 4. The number of carbonyl (C=O) groups excluding carboxylic acids is 4. The first-order valence-electron chi connectivity index (χ1n) is 17.2. The summed E-state index contributed by atoms with van der Waals surface area (Å²) in [6.07, 6.45) is 2.82. The van der Waals surface area contributed by atoms with Gasteiger partial charge in [-0.05, 0) is 75.3 Å². The monoisotopic (exact) mass is 706 g/mol. The maximum atomic E-state index is 13.8. The van der Waals surface area contributed by atoms with E-state index >= 15 is 0 Å². The van der Waals surface area contributed by atoms with Crippen molar-refractivity contribution in [3.05, 3.63) is 76.1 Å². The standard InChI is InChI=1S/C36H50N8O7/c1-3-4-13-29(44-36(49)50-22-24-11-6-5-7-12-24)34(48)42-27(14-8-9-18-37)33(47)43-28(15-10-19-40-35(38)39)32(46)41-25-16-17-26-23(2)20-31(45)51-30(26)21-25/h5-7,11-12,16-17,20-21,27-29H,3-4,8-10,13-15,18-19,22,37H2,1-2H3,(H,41,46)(H,42,48)(H,43,47)(H,44,49)(H4,38,39,40)/t27-,28-,29-/m0/s1. The van der Waals surface area contributed by atoms with Crippen molar-refractivity contribution in [1.29, 1.82) is 0 Å². The molecule has 0 aliphatic heterocycles. The van der Waals surface area contributed by atoms with E-state index in [-0.39, 0.29) is 32.0 Å². The van der Waals surface area contributed by atoms with Gasteiger partial charge < -0.3 is 47.6 Å². The van der Waals surface area contributed by atoms with E-state index < -0.39 is 47.6 Å². The number of alkyl carbamates (subject to hydrolysis) is 1. The van der Waals surface area contributed by atoms with Crippen molar-refractivity contribution in [2.24, 2.45) is 22.2 Å². The Hall–Kier alpha value is -5.44. The number of nitrogens with zero attached hydrogens (tertiary/aromatic N) is 1. The Labute approximate surface area is 297 Å². The van der Waals surface area contributed by atoms with Crippen LogP contribution in [0.3, 0.4) is 0 Å². The van der Waals surface area contributed by atoms with Crippen LogP contribution < -0.4 is 44.1 Å². The molecule has 3 rings (SSSR count). The van der Waals surface area contributed by atoms with Gasteiger partial charge in [0.15, 0.2) is 5.96 Å². The van der Waals surface area contributed by atoms with Crippen molar-refractivity contribution >= 4 is 46.4 Å². The Balaban J connectivity index is 1.76. The second kappa shape index (κ2) is 20.9. The van der Waals surface area contributed by atoms with Gasteiger partial charge in [0.1, 0.15) is 30.3 Å². The lowest BCUT2D eigenvalue weighted by molar-refractivity contribution is -0.132. The summed E-state index contributed by atoms with van der Waals surface area (Å²) < 4.78 is 10.6. The Morgan fingerprint density at radius 3 is 2.14 bits per heavy atom. The highest BCUT2D eigenvalue weighted by Gasteiger charge is 2.30. The lowest BCUT2D eigenvalue weighted by atomic mass is 10.0. The number of hydrogen-bond acceptors (Lipinski definition) is 9. The number of guanidine groups is 1. The van der Waals surface area contributed by atoms with E-state index in [2.05, 4.69) is 26.3 Å². The molecule has 51 heavy (non-hydrogen) atoms. The van der Waals surface area contributed by atoms with Gasteiger partial charge in [-0.1, -0.05) is 50.1 Å². The summed E-state index contributed by atoms with van der Waals surface area (Å²) >= 11 is 0. The molecule has 0 saturated carbocycles. The molecule has 3 aromatic rings. The maximum Gasteiger partial charge on any atom is 0.408 e.